The summed E-state index contributed by atoms with van der Waals surface area (Å²) in [4.78, 5) is 11.7. The summed E-state index contributed by atoms with van der Waals surface area (Å²) < 4.78 is 21.3. The van der Waals surface area contributed by atoms with Crippen molar-refractivity contribution in [1.29, 1.82) is 0 Å². The number of hydrogen-bond donors (Lipinski definition) is 0. The molecule has 21 heavy (non-hydrogen) atoms. The average Bonchev–Trinajstić information content (AvgIpc) is 2.95. The van der Waals surface area contributed by atoms with E-state index < -0.39 is 0 Å². The molecule has 1 aromatic carbocycles. The number of ether oxygens (including phenoxy) is 4. The number of rotatable bonds is 4. The molecule has 0 radical (unpaired) electrons. The van der Waals surface area contributed by atoms with Crippen molar-refractivity contribution in [3.05, 3.63) is 35.1 Å². The van der Waals surface area contributed by atoms with Crippen LogP contribution in [0.25, 0.3) is 0 Å². The molecule has 0 fully saturated rings. The van der Waals surface area contributed by atoms with Crippen LogP contribution < -0.4 is 9.47 Å². The molecule has 5 heteroatoms. The lowest BCUT2D eigenvalue weighted by Crippen LogP contribution is -2.26. The summed E-state index contributed by atoms with van der Waals surface area (Å²) in [6.45, 7) is 2.01. The van der Waals surface area contributed by atoms with E-state index in [0.717, 1.165) is 35.7 Å². The Labute approximate surface area is 123 Å². The summed E-state index contributed by atoms with van der Waals surface area (Å²) in [6, 6.07) is 5.90. The fourth-order valence-electron chi connectivity index (χ4n) is 2.58. The van der Waals surface area contributed by atoms with Crippen molar-refractivity contribution in [3.8, 4) is 11.5 Å². The maximum Gasteiger partial charge on any atom is 0.337 e. The highest BCUT2D eigenvalue weighted by Gasteiger charge is 2.27. The van der Waals surface area contributed by atoms with Gasteiger partial charge in [0.1, 0.15) is 11.9 Å². The zero-order chi connectivity index (χ0) is 14.8. The van der Waals surface area contributed by atoms with Crippen molar-refractivity contribution in [3.63, 3.8) is 0 Å². The third-order valence-electron chi connectivity index (χ3n) is 3.85. The molecule has 1 unspecified atom stereocenters. The van der Waals surface area contributed by atoms with E-state index >= 15 is 0 Å². The van der Waals surface area contributed by atoms with Gasteiger partial charge in [-0.2, -0.15) is 0 Å². The molecule has 1 aromatic rings. The zero-order valence-corrected chi connectivity index (χ0v) is 12.2. The standard InChI is InChI=1S/C16H18O5/c1-10-14(18-2)8-12(21-16(10)17)5-3-11-4-6-13-15(7-11)20-9-19-13/h4,6-7,12H,3,5,8-9H2,1-2H3. The van der Waals surface area contributed by atoms with Crippen molar-refractivity contribution in [1.82, 2.24) is 0 Å². The number of carbonyl (C=O) groups excluding carboxylic acids is 1. The van der Waals surface area contributed by atoms with Gasteiger partial charge in [-0.15, -0.1) is 0 Å². The maximum atomic E-state index is 11.7. The van der Waals surface area contributed by atoms with Crippen molar-refractivity contribution in [2.75, 3.05) is 13.9 Å². The second-order valence-electron chi connectivity index (χ2n) is 5.21. The third-order valence-corrected chi connectivity index (χ3v) is 3.85. The highest BCUT2D eigenvalue weighted by Crippen LogP contribution is 2.33. The molecule has 0 saturated heterocycles. The first-order valence-corrected chi connectivity index (χ1v) is 7.00. The predicted molar refractivity (Wildman–Crippen MR) is 75.1 cm³/mol. The fraction of sp³-hybridized carbons (Fsp3) is 0.438. The number of methoxy groups -OCH3 is 1. The van der Waals surface area contributed by atoms with Gasteiger partial charge in [0.15, 0.2) is 11.5 Å². The normalized spacial score (nSPS) is 20.5. The number of carbonyl (C=O) groups is 1. The van der Waals surface area contributed by atoms with Crippen molar-refractivity contribution in [2.45, 2.75) is 32.3 Å². The van der Waals surface area contributed by atoms with Crippen LogP contribution in [0.1, 0.15) is 25.3 Å². The van der Waals surface area contributed by atoms with Gasteiger partial charge < -0.3 is 18.9 Å². The lowest BCUT2D eigenvalue weighted by molar-refractivity contribution is -0.147. The van der Waals surface area contributed by atoms with Crippen LogP contribution in [0.3, 0.4) is 0 Å². The quantitative estimate of drug-likeness (QED) is 0.798. The average molecular weight is 290 g/mol. The molecule has 2 heterocycles. The second-order valence-corrected chi connectivity index (χ2v) is 5.21. The van der Waals surface area contributed by atoms with E-state index in [0.29, 0.717) is 12.0 Å². The fourth-order valence-corrected chi connectivity index (χ4v) is 2.58. The first kappa shape index (κ1) is 13.8. The Morgan fingerprint density at radius 2 is 2.10 bits per heavy atom. The Bertz CT molecular complexity index is 590. The van der Waals surface area contributed by atoms with Crippen LogP contribution in [0, 0.1) is 0 Å². The molecule has 0 bridgehead atoms. The van der Waals surface area contributed by atoms with Crippen LogP contribution in [0.15, 0.2) is 29.5 Å². The van der Waals surface area contributed by atoms with Gasteiger partial charge in [0.05, 0.1) is 12.7 Å². The van der Waals surface area contributed by atoms with E-state index in [1.165, 1.54) is 0 Å². The summed E-state index contributed by atoms with van der Waals surface area (Å²) in [5.74, 6) is 2.00. The highest BCUT2D eigenvalue weighted by molar-refractivity contribution is 5.89. The largest absolute Gasteiger partial charge is 0.500 e. The first-order valence-electron chi connectivity index (χ1n) is 7.00. The molecule has 2 aliphatic rings. The molecule has 0 amide bonds. The van der Waals surface area contributed by atoms with Crippen LogP contribution in [0.4, 0.5) is 0 Å². The van der Waals surface area contributed by atoms with Gasteiger partial charge in [-0.1, -0.05) is 6.07 Å². The minimum absolute atomic E-state index is 0.137. The van der Waals surface area contributed by atoms with Gasteiger partial charge >= 0.3 is 5.97 Å². The van der Waals surface area contributed by atoms with Gasteiger partial charge in [-0.3, -0.25) is 0 Å². The number of fused-ring (bicyclic) bond motifs is 1. The van der Waals surface area contributed by atoms with Crippen LogP contribution >= 0.6 is 0 Å². The van der Waals surface area contributed by atoms with E-state index in [4.69, 9.17) is 18.9 Å². The number of esters is 1. The SMILES string of the molecule is COC1=C(C)C(=O)OC(CCc2ccc3c(c2)OCO3)C1. The van der Waals surface area contributed by atoms with E-state index in [1.54, 1.807) is 14.0 Å². The smallest absolute Gasteiger partial charge is 0.337 e. The first-order chi connectivity index (χ1) is 10.2. The summed E-state index contributed by atoms with van der Waals surface area (Å²) in [6.07, 6.45) is 2.07. The molecule has 5 nitrogen and oxygen atoms in total. The van der Waals surface area contributed by atoms with E-state index in [2.05, 4.69) is 0 Å². The van der Waals surface area contributed by atoms with E-state index in [-0.39, 0.29) is 18.9 Å². The Kier molecular flexibility index (Phi) is 3.73. The number of benzene rings is 1. The van der Waals surface area contributed by atoms with Crippen molar-refractivity contribution < 1.29 is 23.7 Å². The Morgan fingerprint density at radius 1 is 1.29 bits per heavy atom. The van der Waals surface area contributed by atoms with Gasteiger partial charge in [0, 0.05) is 6.42 Å². The number of hydrogen-bond acceptors (Lipinski definition) is 5. The summed E-state index contributed by atoms with van der Waals surface area (Å²) in [5, 5.41) is 0. The summed E-state index contributed by atoms with van der Waals surface area (Å²) in [5.41, 5.74) is 1.71. The molecule has 3 rings (SSSR count). The van der Waals surface area contributed by atoms with Gasteiger partial charge in [-0.05, 0) is 37.5 Å². The van der Waals surface area contributed by atoms with E-state index in [9.17, 15) is 4.79 Å². The van der Waals surface area contributed by atoms with Crippen LogP contribution in [-0.2, 0) is 20.7 Å². The Hall–Kier alpha value is -2.17. The molecule has 0 N–H and O–H groups in total. The molecule has 0 spiro atoms. The molecular weight excluding hydrogens is 272 g/mol. The molecule has 0 aromatic heterocycles. The molecule has 0 saturated carbocycles. The topological polar surface area (TPSA) is 54.0 Å². The monoisotopic (exact) mass is 290 g/mol. The third kappa shape index (κ3) is 2.82. The van der Waals surface area contributed by atoms with Crippen LogP contribution in [0.2, 0.25) is 0 Å². The van der Waals surface area contributed by atoms with Crippen molar-refractivity contribution >= 4 is 5.97 Å². The second kappa shape index (κ2) is 5.68. The minimum atomic E-state index is -0.284. The Balaban J connectivity index is 1.62. The number of aryl methyl sites for hydroxylation is 1. The zero-order valence-electron chi connectivity index (χ0n) is 12.2. The molecular formula is C16H18O5. The number of cyclic esters (lactones) is 1. The van der Waals surface area contributed by atoms with Crippen LogP contribution in [0.5, 0.6) is 11.5 Å². The summed E-state index contributed by atoms with van der Waals surface area (Å²) >= 11 is 0. The molecule has 2 aliphatic heterocycles. The molecule has 112 valence electrons. The maximum absolute atomic E-state index is 11.7. The minimum Gasteiger partial charge on any atom is -0.500 e. The van der Waals surface area contributed by atoms with Gasteiger partial charge in [-0.25, -0.2) is 4.79 Å². The van der Waals surface area contributed by atoms with Gasteiger partial charge in [0.2, 0.25) is 6.79 Å². The predicted octanol–water partition coefficient (Wildman–Crippen LogP) is 2.58. The summed E-state index contributed by atoms with van der Waals surface area (Å²) in [7, 11) is 1.59. The van der Waals surface area contributed by atoms with Crippen LogP contribution in [-0.4, -0.2) is 26.0 Å². The highest BCUT2D eigenvalue weighted by atomic mass is 16.7. The van der Waals surface area contributed by atoms with Gasteiger partial charge in [0.25, 0.3) is 0 Å². The molecule has 0 aliphatic carbocycles. The Morgan fingerprint density at radius 3 is 2.90 bits per heavy atom. The molecule has 1 atom stereocenters. The lowest BCUT2D eigenvalue weighted by Gasteiger charge is -2.25. The lowest BCUT2D eigenvalue weighted by atomic mass is 10.0. The van der Waals surface area contributed by atoms with Crippen molar-refractivity contribution in [2.24, 2.45) is 0 Å². The van der Waals surface area contributed by atoms with E-state index in [1.807, 2.05) is 18.2 Å².